The molecule has 0 saturated heterocycles. The molecule has 0 amide bonds. The van der Waals surface area contributed by atoms with Crippen molar-refractivity contribution in [3.05, 3.63) is 231 Å². The van der Waals surface area contributed by atoms with Crippen LogP contribution in [-0.4, -0.2) is 13.4 Å². The maximum atomic E-state index is 7.66. The fourth-order valence-corrected chi connectivity index (χ4v) is 15.0. The number of ether oxygens (including phenoxy) is 3. The van der Waals surface area contributed by atoms with Crippen molar-refractivity contribution in [1.82, 2.24) is 0 Å². The zero-order chi connectivity index (χ0) is 58.4. The predicted octanol–water partition coefficient (Wildman–Crippen LogP) is 17.6. The molecule has 10 aromatic carbocycles. The first kappa shape index (κ1) is 54.8. The fourth-order valence-electron chi connectivity index (χ4n) is 13.9. The van der Waals surface area contributed by atoms with Gasteiger partial charge in [0.05, 0.1) is 0 Å². The Bertz CT molecular complexity index is 4280. The number of anilines is 9. The van der Waals surface area contributed by atoms with Crippen LogP contribution in [0.2, 0.25) is 0 Å². The van der Waals surface area contributed by atoms with Gasteiger partial charge in [-0.25, -0.2) is 0 Å². The van der Waals surface area contributed by atoms with Gasteiger partial charge in [0.15, 0.2) is 0 Å². The third-order valence-corrected chi connectivity index (χ3v) is 18.5. The van der Waals surface area contributed by atoms with E-state index in [2.05, 4.69) is 227 Å². The molecule has 4 aliphatic rings. The Morgan fingerprint density at radius 2 is 0.941 bits per heavy atom. The van der Waals surface area contributed by atoms with E-state index in [1.165, 1.54) is 81.2 Å². The number of hydrogen-bond donors (Lipinski definition) is 0. The molecule has 4 heterocycles. The summed E-state index contributed by atoms with van der Waals surface area (Å²) in [5.74, 6) is 4.67. The van der Waals surface area contributed by atoms with E-state index in [4.69, 9.17) is 14.2 Å². The lowest BCUT2D eigenvalue weighted by Crippen LogP contribution is -2.65. The Labute approximate surface area is 516 Å². The zero-order valence-corrected chi connectivity index (χ0v) is 52.4. The highest BCUT2D eigenvalue weighted by atomic mass is 127. The fraction of sp³-hybridized carbons (Fsp3) is 0.211. The third kappa shape index (κ3) is 9.77. The molecule has 9 heteroatoms. The maximum absolute atomic E-state index is 7.66. The Kier molecular flexibility index (Phi) is 14.0. The molecule has 4 aliphatic heterocycles. The number of hydrogen-bond acceptors (Lipinski definition) is 6. The molecule has 6 nitrogen and oxygen atoms in total. The molecule has 0 radical (unpaired) electrons. The number of para-hydroxylation sites is 3. The summed E-state index contributed by atoms with van der Waals surface area (Å²) in [6, 6.07) is 69.2. The standard InChI is InChI=1S/C76H70B2IN3O3/c1-10-12-23-51-31-47(3)34-55(39-51)81-66-38-50(6)36-63(79)73(66)77-61-45-62-70(46-64(61)80(54-25-17-14-18-26-54)67-41-59(42-68(81)74(67)77)83-57-27-19-15-20-28-57)85-71-44-60(84-58-29-21-16-22-30-58)43-69-75(71)78(62)72-52(24-13-11-2)32-48(4)37-65(72)82(69)56-35-49(5)33-53(40-56)76(7,8)9/h14-22,25-46H,10-13,23-24H2,1-9H3. The highest BCUT2D eigenvalue weighted by molar-refractivity contribution is 14.1. The lowest BCUT2D eigenvalue weighted by atomic mass is 9.30. The van der Waals surface area contributed by atoms with Gasteiger partial charge in [-0.1, -0.05) is 132 Å². The summed E-state index contributed by atoms with van der Waals surface area (Å²) in [4.78, 5) is 7.56. The maximum Gasteiger partial charge on any atom is 0.256 e. The minimum atomic E-state index is -0.173. The number of halogens is 1. The zero-order valence-electron chi connectivity index (χ0n) is 50.2. The normalized spacial score (nSPS) is 13.3. The van der Waals surface area contributed by atoms with Crippen LogP contribution in [0.25, 0.3) is 0 Å². The van der Waals surface area contributed by atoms with E-state index in [-0.39, 0.29) is 18.8 Å². The van der Waals surface area contributed by atoms with Gasteiger partial charge in [0.1, 0.15) is 34.5 Å². The molecule has 10 aromatic rings. The van der Waals surface area contributed by atoms with Crippen molar-refractivity contribution in [2.24, 2.45) is 0 Å². The highest BCUT2D eigenvalue weighted by Crippen LogP contribution is 2.50. The number of rotatable bonds is 13. The summed E-state index contributed by atoms with van der Waals surface area (Å²) >= 11 is 2.65. The van der Waals surface area contributed by atoms with Crippen LogP contribution in [0, 0.1) is 31.3 Å². The van der Waals surface area contributed by atoms with Gasteiger partial charge in [-0.05, 0) is 226 Å². The molecule has 0 spiro atoms. The average Bonchev–Trinajstić information content (AvgIpc) is 0.777. The van der Waals surface area contributed by atoms with Gasteiger partial charge in [-0.3, -0.25) is 0 Å². The molecule has 0 atom stereocenters. The molecule has 0 aliphatic carbocycles. The average molecular weight is 1220 g/mol. The minimum Gasteiger partial charge on any atom is -0.458 e. The first-order valence-electron chi connectivity index (χ1n) is 30.5. The summed E-state index contributed by atoms with van der Waals surface area (Å²) in [6.45, 7) is 20.2. The summed E-state index contributed by atoms with van der Waals surface area (Å²) in [7, 11) is 0. The van der Waals surface area contributed by atoms with Crippen LogP contribution >= 0.6 is 22.6 Å². The van der Waals surface area contributed by atoms with Crippen molar-refractivity contribution in [3.8, 4) is 34.5 Å². The molecule has 0 fully saturated rings. The lowest BCUT2D eigenvalue weighted by Gasteiger charge is -2.46. The number of benzene rings is 10. The van der Waals surface area contributed by atoms with Crippen LogP contribution in [0.15, 0.2) is 188 Å². The molecule has 0 N–H and O–H groups in total. The van der Waals surface area contributed by atoms with Gasteiger partial charge < -0.3 is 28.9 Å². The Balaban J connectivity index is 1.07. The summed E-state index contributed by atoms with van der Waals surface area (Å²) < 4.78 is 22.8. The highest BCUT2D eigenvalue weighted by Gasteiger charge is 2.49. The van der Waals surface area contributed by atoms with Crippen LogP contribution in [0.5, 0.6) is 34.5 Å². The van der Waals surface area contributed by atoms with E-state index in [0.717, 1.165) is 113 Å². The molecule has 0 saturated carbocycles. The first-order valence-corrected chi connectivity index (χ1v) is 31.6. The number of unbranched alkanes of at least 4 members (excludes halogenated alkanes) is 2. The summed E-state index contributed by atoms with van der Waals surface area (Å²) in [5, 5.41) is 0. The van der Waals surface area contributed by atoms with Crippen molar-refractivity contribution in [2.75, 3.05) is 14.7 Å². The van der Waals surface area contributed by atoms with Crippen molar-refractivity contribution < 1.29 is 14.2 Å². The number of fused-ring (bicyclic) bond motifs is 8. The predicted molar refractivity (Wildman–Crippen MR) is 367 cm³/mol. The van der Waals surface area contributed by atoms with Crippen LogP contribution in [0.4, 0.5) is 51.2 Å². The second-order valence-corrected chi connectivity index (χ2v) is 26.2. The molecule has 0 bridgehead atoms. The topological polar surface area (TPSA) is 37.4 Å². The van der Waals surface area contributed by atoms with Gasteiger partial charge in [0.2, 0.25) is 0 Å². The van der Waals surface area contributed by atoms with E-state index in [0.29, 0.717) is 5.75 Å². The molecule has 0 aromatic heterocycles. The Morgan fingerprint density at radius 1 is 0.424 bits per heavy atom. The molecule has 85 heavy (non-hydrogen) atoms. The molecule has 420 valence electrons. The molecule has 0 unspecified atom stereocenters. The van der Waals surface area contributed by atoms with Crippen LogP contribution in [0.1, 0.15) is 99.2 Å². The van der Waals surface area contributed by atoms with Gasteiger partial charge >= 0.3 is 0 Å². The van der Waals surface area contributed by atoms with Gasteiger partial charge in [-0.15, -0.1) is 0 Å². The molecular formula is C76H70B2IN3O3. The molecule has 14 rings (SSSR count). The summed E-state index contributed by atoms with van der Waals surface area (Å²) in [5.41, 5.74) is 26.3. The third-order valence-electron chi connectivity index (χ3n) is 17.6. The van der Waals surface area contributed by atoms with Crippen LogP contribution < -0.4 is 61.7 Å². The second-order valence-electron chi connectivity index (χ2n) is 25.0. The smallest absolute Gasteiger partial charge is 0.256 e. The lowest BCUT2D eigenvalue weighted by molar-refractivity contribution is 0.463. The van der Waals surface area contributed by atoms with E-state index < -0.39 is 0 Å². The van der Waals surface area contributed by atoms with E-state index in [9.17, 15) is 0 Å². The Morgan fingerprint density at radius 3 is 1.58 bits per heavy atom. The van der Waals surface area contributed by atoms with Crippen molar-refractivity contribution >= 4 is 120 Å². The quantitative estimate of drug-likeness (QED) is 0.0846. The second kappa shape index (κ2) is 21.7. The van der Waals surface area contributed by atoms with E-state index in [1.54, 1.807) is 0 Å². The van der Waals surface area contributed by atoms with Crippen molar-refractivity contribution in [1.29, 1.82) is 0 Å². The SMILES string of the molecule is CCCCc1cc(C)cc(N2c3cc(C)cc(I)c3B3c4cc5c(cc4N(c4ccccc4)c4cc(Oc6ccccc6)cc2c43)Oc2cc(Oc3ccccc3)cc3c2B5c2c(CCCC)cc(C)cc2N3c2cc(C)cc(C(C)(C)C)c2)c1. The van der Waals surface area contributed by atoms with Crippen LogP contribution in [-0.2, 0) is 18.3 Å². The van der Waals surface area contributed by atoms with Gasteiger partial charge in [0, 0.05) is 85.1 Å². The van der Waals surface area contributed by atoms with E-state index >= 15 is 0 Å². The summed E-state index contributed by atoms with van der Waals surface area (Å²) in [6.07, 6.45) is 6.42. The van der Waals surface area contributed by atoms with Gasteiger partial charge in [-0.2, -0.15) is 0 Å². The van der Waals surface area contributed by atoms with Crippen molar-refractivity contribution in [3.63, 3.8) is 0 Å². The largest absolute Gasteiger partial charge is 0.458 e. The minimum absolute atomic E-state index is 0.0782. The van der Waals surface area contributed by atoms with Gasteiger partial charge in [0.25, 0.3) is 13.4 Å². The van der Waals surface area contributed by atoms with Crippen molar-refractivity contribution in [2.45, 2.75) is 106 Å². The van der Waals surface area contributed by atoms with Crippen LogP contribution in [0.3, 0.4) is 0 Å². The first-order chi connectivity index (χ1) is 41.2. The Hall–Kier alpha value is -8.14. The monoisotopic (exact) mass is 1220 g/mol. The number of nitrogens with zero attached hydrogens (tertiary/aromatic N) is 3. The number of aryl methyl sites for hydroxylation is 6. The van der Waals surface area contributed by atoms with E-state index in [1.807, 2.05) is 60.7 Å². The molecular weight excluding hydrogens is 1150 g/mol.